The molecule has 4 atom stereocenters. The van der Waals surface area contributed by atoms with Crippen LogP contribution < -0.4 is 5.32 Å². The Balaban J connectivity index is 1.83. The van der Waals surface area contributed by atoms with Gasteiger partial charge in [-0.05, 0) is 17.4 Å². The fourth-order valence-electron chi connectivity index (χ4n) is 4.33. The van der Waals surface area contributed by atoms with Crippen LogP contribution in [-0.4, -0.2) is 18.8 Å². The molecule has 1 aromatic carbocycles. The molecule has 1 N–H and O–H groups in total. The molecule has 0 radical (unpaired) electrons. The third kappa shape index (κ3) is 2.53. The summed E-state index contributed by atoms with van der Waals surface area (Å²) in [6.45, 7) is 12.6. The predicted octanol–water partition coefficient (Wildman–Crippen LogP) is 4.18. The summed E-state index contributed by atoms with van der Waals surface area (Å²) in [5.74, 6) is 0.688. The Hall–Kier alpha value is -0.860. The molecule has 4 unspecified atom stereocenters. The molecule has 0 bridgehead atoms. The molecule has 1 saturated carbocycles. The third-order valence-electron chi connectivity index (χ3n) is 5.45. The average Bonchev–Trinajstić information content (AvgIpc) is 2.85. The molecule has 1 aliphatic carbocycles. The van der Waals surface area contributed by atoms with Gasteiger partial charge in [-0.15, -0.1) is 0 Å². The van der Waals surface area contributed by atoms with Crippen LogP contribution in [0.5, 0.6) is 0 Å². The maximum absolute atomic E-state index is 5.93. The zero-order valence-electron chi connectivity index (χ0n) is 14.0. The van der Waals surface area contributed by atoms with E-state index in [-0.39, 0.29) is 10.8 Å². The highest BCUT2D eigenvalue weighted by Gasteiger charge is 2.59. The lowest BCUT2D eigenvalue weighted by Crippen LogP contribution is -2.66. The molecule has 1 aromatic rings. The van der Waals surface area contributed by atoms with Crippen LogP contribution in [-0.2, 0) is 4.74 Å². The Labute approximate surface area is 129 Å². The molecular weight excluding hydrogens is 258 g/mol. The van der Waals surface area contributed by atoms with Gasteiger partial charge in [-0.2, -0.15) is 0 Å². The van der Waals surface area contributed by atoms with Crippen molar-refractivity contribution < 1.29 is 4.74 Å². The summed E-state index contributed by atoms with van der Waals surface area (Å²) < 4.78 is 5.93. The lowest BCUT2D eigenvalue weighted by molar-refractivity contribution is -0.118. The van der Waals surface area contributed by atoms with E-state index < -0.39 is 0 Å². The van der Waals surface area contributed by atoms with Crippen molar-refractivity contribution >= 4 is 0 Å². The molecule has 1 aliphatic heterocycles. The quantitative estimate of drug-likeness (QED) is 0.900. The van der Waals surface area contributed by atoms with E-state index in [0.717, 1.165) is 6.61 Å². The van der Waals surface area contributed by atoms with Gasteiger partial charge in [0.15, 0.2) is 0 Å². The van der Waals surface area contributed by atoms with Gasteiger partial charge in [-0.3, -0.25) is 0 Å². The highest BCUT2D eigenvalue weighted by Crippen LogP contribution is 2.53. The van der Waals surface area contributed by atoms with Crippen LogP contribution in [0.2, 0.25) is 0 Å². The van der Waals surface area contributed by atoms with Crippen LogP contribution in [0.1, 0.15) is 52.6 Å². The van der Waals surface area contributed by atoms with Gasteiger partial charge in [-0.1, -0.05) is 65.0 Å². The second-order valence-electron chi connectivity index (χ2n) is 8.42. The summed E-state index contributed by atoms with van der Waals surface area (Å²) in [5, 5.41) is 3.99. The van der Waals surface area contributed by atoms with Gasteiger partial charge in [-0.25, -0.2) is 0 Å². The molecule has 1 saturated heterocycles. The van der Waals surface area contributed by atoms with E-state index in [4.69, 9.17) is 4.74 Å². The standard InChI is InChI=1S/C19H29NO/c1-18(2,3)15(13-9-7-6-8-10-13)20-16-14-11-12-21-17(14)19(16,4)5/h6-10,14-17,20H,11-12H2,1-5H3. The summed E-state index contributed by atoms with van der Waals surface area (Å²) >= 11 is 0. The average molecular weight is 287 g/mol. The maximum Gasteiger partial charge on any atom is 0.0685 e. The molecule has 2 nitrogen and oxygen atoms in total. The second kappa shape index (κ2) is 5.10. The molecule has 1 heterocycles. The normalized spacial score (nSPS) is 32.3. The van der Waals surface area contributed by atoms with E-state index in [1.54, 1.807) is 0 Å². The molecule has 3 rings (SSSR count). The van der Waals surface area contributed by atoms with Gasteiger partial charge in [0.2, 0.25) is 0 Å². The lowest BCUT2D eigenvalue weighted by Gasteiger charge is -2.57. The van der Waals surface area contributed by atoms with Gasteiger partial charge < -0.3 is 10.1 Å². The number of fused-ring (bicyclic) bond motifs is 1. The Morgan fingerprint density at radius 2 is 1.86 bits per heavy atom. The van der Waals surface area contributed by atoms with Crippen LogP contribution in [0, 0.1) is 16.7 Å². The number of hydrogen-bond acceptors (Lipinski definition) is 2. The second-order valence-corrected chi connectivity index (χ2v) is 8.42. The third-order valence-corrected chi connectivity index (χ3v) is 5.45. The maximum atomic E-state index is 5.93. The molecule has 2 aliphatic rings. The predicted molar refractivity (Wildman–Crippen MR) is 87.2 cm³/mol. The van der Waals surface area contributed by atoms with E-state index in [0.29, 0.717) is 24.1 Å². The van der Waals surface area contributed by atoms with Crippen molar-refractivity contribution in [1.82, 2.24) is 5.32 Å². The van der Waals surface area contributed by atoms with Crippen LogP contribution >= 0.6 is 0 Å². The van der Waals surface area contributed by atoms with Crippen molar-refractivity contribution in [2.45, 2.75) is 59.2 Å². The zero-order chi connectivity index (χ0) is 15.3. The first-order valence-electron chi connectivity index (χ1n) is 8.24. The minimum Gasteiger partial charge on any atom is -0.377 e. The summed E-state index contributed by atoms with van der Waals surface area (Å²) in [4.78, 5) is 0. The van der Waals surface area contributed by atoms with Crippen LogP contribution in [0.25, 0.3) is 0 Å². The highest BCUT2D eigenvalue weighted by molar-refractivity contribution is 5.23. The number of benzene rings is 1. The van der Waals surface area contributed by atoms with Crippen LogP contribution in [0.3, 0.4) is 0 Å². The van der Waals surface area contributed by atoms with Crippen molar-refractivity contribution in [3.05, 3.63) is 35.9 Å². The van der Waals surface area contributed by atoms with E-state index in [1.165, 1.54) is 12.0 Å². The summed E-state index contributed by atoms with van der Waals surface area (Å²) in [7, 11) is 0. The number of ether oxygens (including phenoxy) is 1. The van der Waals surface area contributed by atoms with Crippen LogP contribution in [0.15, 0.2) is 30.3 Å². The molecule has 0 amide bonds. The Morgan fingerprint density at radius 1 is 1.19 bits per heavy atom. The largest absolute Gasteiger partial charge is 0.377 e. The number of rotatable bonds is 3. The molecule has 116 valence electrons. The summed E-state index contributed by atoms with van der Waals surface area (Å²) in [6.07, 6.45) is 1.66. The lowest BCUT2D eigenvalue weighted by atomic mass is 9.57. The van der Waals surface area contributed by atoms with Crippen molar-refractivity contribution in [2.24, 2.45) is 16.7 Å². The molecule has 21 heavy (non-hydrogen) atoms. The Bertz CT molecular complexity index is 488. The van der Waals surface area contributed by atoms with E-state index in [2.05, 4.69) is 70.3 Å². The van der Waals surface area contributed by atoms with Gasteiger partial charge in [0.05, 0.1) is 6.10 Å². The minimum absolute atomic E-state index is 0.196. The molecule has 0 aromatic heterocycles. The SMILES string of the molecule is CC(C)(C)C(NC1C2CCOC2C1(C)C)c1ccccc1. The minimum atomic E-state index is 0.196. The molecular formula is C19H29NO. The van der Waals surface area contributed by atoms with E-state index >= 15 is 0 Å². The number of hydrogen-bond donors (Lipinski definition) is 1. The van der Waals surface area contributed by atoms with E-state index in [9.17, 15) is 0 Å². The number of nitrogens with one attached hydrogen (secondary N) is 1. The highest BCUT2D eigenvalue weighted by atomic mass is 16.5. The molecule has 2 fully saturated rings. The summed E-state index contributed by atoms with van der Waals surface area (Å²) in [5.41, 5.74) is 1.82. The smallest absolute Gasteiger partial charge is 0.0685 e. The van der Waals surface area contributed by atoms with Gasteiger partial charge in [0.25, 0.3) is 0 Å². The molecule has 0 spiro atoms. The van der Waals surface area contributed by atoms with Crippen molar-refractivity contribution in [3.8, 4) is 0 Å². The fraction of sp³-hybridized carbons (Fsp3) is 0.684. The monoisotopic (exact) mass is 287 g/mol. The first-order chi connectivity index (χ1) is 9.82. The Morgan fingerprint density at radius 3 is 2.48 bits per heavy atom. The van der Waals surface area contributed by atoms with Gasteiger partial charge >= 0.3 is 0 Å². The fourth-order valence-corrected chi connectivity index (χ4v) is 4.33. The Kier molecular flexibility index (Phi) is 3.66. The van der Waals surface area contributed by atoms with E-state index in [1.807, 2.05) is 0 Å². The van der Waals surface area contributed by atoms with Gasteiger partial charge in [0.1, 0.15) is 0 Å². The summed E-state index contributed by atoms with van der Waals surface area (Å²) in [6, 6.07) is 11.8. The first kappa shape index (κ1) is 15.1. The van der Waals surface area contributed by atoms with Crippen molar-refractivity contribution in [1.29, 1.82) is 0 Å². The van der Waals surface area contributed by atoms with Crippen molar-refractivity contribution in [3.63, 3.8) is 0 Å². The topological polar surface area (TPSA) is 21.3 Å². The van der Waals surface area contributed by atoms with Crippen molar-refractivity contribution in [2.75, 3.05) is 6.61 Å². The zero-order valence-corrected chi connectivity index (χ0v) is 14.0. The first-order valence-corrected chi connectivity index (χ1v) is 8.24. The van der Waals surface area contributed by atoms with Crippen LogP contribution in [0.4, 0.5) is 0 Å². The molecule has 2 heteroatoms. The van der Waals surface area contributed by atoms with Gasteiger partial charge in [0, 0.05) is 30.0 Å².